The molecule has 1 aliphatic rings. The fraction of sp³-hybridized carbons (Fsp3) is 0.429. The van der Waals surface area contributed by atoms with Crippen LogP contribution in [0.2, 0.25) is 0 Å². The first-order chi connectivity index (χ1) is 12.3. The second-order valence-corrected chi connectivity index (χ2v) is 7.31. The van der Waals surface area contributed by atoms with E-state index in [0.717, 1.165) is 23.7 Å². The number of benzene rings is 2. The van der Waals surface area contributed by atoms with Crippen LogP contribution >= 0.6 is 0 Å². The van der Waals surface area contributed by atoms with E-state index in [4.69, 9.17) is 0 Å². The van der Waals surface area contributed by atoms with Crippen molar-refractivity contribution in [3.05, 3.63) is 65.2 Å². The number of nitrogens with one attached hydrogen (secondary N) is 1. The topological polar surface area (TPSA) is 32.3 Å². The molecule has 2 nitrogen and oxygen atoms in total. The van der Waals surface area contributed by atoms with E-state index in [9.17, 15) is 18.3 Å². The number of hydrogen-bond acceptors (Lipinski definition) is 2. The number of aliphatic hydroxyl groups excluding tert-OH is 1. The number of hydrogen-bond donors (Lipinski definition) is 2. The number of aliphatic hydroxyl groups is 1. The summed E-state index contributed by atoms with van der Waals surface area (Å²) in [5.74, 6) is 0.131. The van der Waals surface area contributed by atoms with Gasteiger partial charge in [0.25, 0.3) is 0 Å². The van der Waals surface area contributed by atoms with E-state index in [0.29, 0.717) is 5.56 Å². The Morgan fingerprint density at radius 3 is 2.42 bits per heavy atom. The average molecular weight is 363 g/mol. The minimum atomic E-state index is -4.35. The quantitative estimate of drug-likeness (QED) is 0.740. The summed E-state index contributed by atoms with van der Waals surface area (Å²) in [4.78, 5) is 0. The molecule has 1 heterocycles. The van der Waals surface area contributed by atoms with Gasteiger partial charge in [0, 0.05) is 12.3 Å². The van der Waals surface area contributed by atoms with Crippen molar-refractivity contribution < 1.29 is 18.3 Å². The Labute approximate surface area is 152 Å². The van der Waals surface area contributed by atoms with Crippen LogP contribution in [0, 0.1) is 11.8 Å². The number of fused-ring (bicyclic) bond motifs is 1. The van der Waals surface area contributed by atoms with E-state index in [-0.39, 0.29) is 30.4 Å². The molecule has 0 spiro atoms. The maximum atomic E-state index is 13.1. The van der Waals surface area contributed by atoms with Gasteiger partial charge in [-0.1, -0.05) is 44.2 Å². The van der Waals surface area contributed by atoms with Gasteiger partial charge >= 0.3 is 6.18 Å². The van der Waals surface area contributed by atoms with Gasteiger partial charge in [0.2, 0.25) is 0 Å². The highest BCUT2D eigenvalue weighted by Crippen LogP contribution is 2.48. The SMILES string of the molecule is C[C@H](CO)C[C@@H]1[C@H](C)c2cc(C(F)(F)F)ccc2N[C@H]1c1ccccc1. The summed E-state index contributed by atoms with van der Waals surface area (Å²) < 4.78 is 39.4. The Bertz CT molecular complexity index is 745. The molecule has 1 aliphatic heterocycles. The van der Waals surface area contributed by atoms with Crippen LogP contribution in [0.25, 0.3) is 0 Å². The lowest BCUT2D eigenvalue weighted by Gasteiger charge is -2.41. The predicted octanol–water partition coefficient (Wildman–Crippen LogP) is 5.61. The fourth-order valence-corrected chi connectivity index (χ4v) is 3.91. The molecule has 26 heavy (non-hydrogen) atoms. The highest BCUT2D eigenvalue weighted by atomic mass is 19.4. The fourth-order valence-electron chi connectivity index (χ4n) is 3.91. The minimum absolute atomic E-state index is 0.00411. The van der Waals surface area contributed by atoms with Crippen LogP contribution in [0.3, 0.4) is 0 Å². The summed E-state index contributed by atoms with van der Waals surface area (Å²) in [7, 11) is 0. The monoisotopic (exact) mass is 363 g/mol. The van der Waals surface area contributed by atoms with Crippen LogP contribution in [-0.4, -0.2) is 11.7 Å². The zero-order chi connectivity index (χ0) is 18.9. The van der Waals surface area contributed by atoms with Crippen LogP contribution < -0.4 is 5.32 Å². The first-order valence-electron chi connectivity index (χ1n) is 8.94. The summed E-state index contributed by atoms with van der Waals surface area (Å²) in [6, 6.07) is 13.9. The van der Waals surface area contributed by atoms with E-state index in [2.05, 4.69) is 5.32 Å². The van der Waals surface area contributed by atoms with E-state index in [1.54, 1.807) is 0 Å². The molecule has 0 aliphatic carbocycles. The third-order valence-electron chi connectivity index (χ3n) is 5.40. The van der Waals surface area contributed by atoms with Crippen LogP contribution in [0.15, 0.2) is 48.5 Å². The zero-order valence-electron chi connectivity index (χ0n) is 14.9. The standard InChI is InChI=1S/C21H24F3NO/c1-13(12-26)10-18-14(2)17-11-16(21(22,23)24)8-9-19(17)25-20(18)15-6-4-3-5-7-15/h3-9,11,13-14,18,20,25-26H,10,12H2,1-2H3/t13-,14+,18+,20-/m0/s1. The number of anilines is 1. The summed E-state index contributed by atoms with van der Waals surface area (Å²) in [6.07, 6.45) is -3.61. The Kier molecular flexibility index (Phi) is 5.28. The van der Waals surface area contributed by atoms with Crippen molar-refractivity contribution in [1.82, 2.24) is 0 Å². The Morgan fingerprint density at radius 1 is 1.12 bits per heavy atom. The van der Waals surface area contributed by atoms with Gasteiger partial charge < -0.3 is 10.4 Å². The van der Waals surface area contributed by atoms with Crippen LogP contribution in [-0.2, 0) is 6.18 Å². The van der Waals surface area contributed by atoms with Crippen LogP contribution in [0.4, 0.5) is 18.9 Å². The summed E-state index contributed by atoms with van der Waals surface area (Å²) in [5, 5.41) is 12.9. The third kappa shape index (κ3) is 3.73. The maximum Gasteiger partial charge on any atom is 0.416 e. The zero-order valence-corrected chi connectivity index (χ0v) is 14.9. The molecule has 2 N–H and O–H groups in total. The average Bonchev–Trinajstić information content (AvgIpc) is 2.63. The lowest BCUT2D eigenvalue weighted by Crippen LogP contribution is -2.32. The van der Waals surface area contributed by atoms with Crippen molar-refractivity contribution in [2.45, 2.75) is 38.4 Å². The van der Waals surface area contributed by atoms with Gasteiger partial charge in [-0.3, -0.25) is 0 Å². The highest BCUT2D eigenvalue weighted by Gasteiger charge is 2.38. The maximum absolute atomic E-state index is 13.1. The van der Waals surface area contributed by atoms with E-state index >= 15 is 0 Å². The Balaban J connectivity index is 2.02. The molecule has 0 amide bonds. The molecular formula is C21H24F3NO. The highest BCUT2D eigenvalue weighted by molar-refractivity contribution is 5.59. The lowest BCUT2D eigenvalue weighted by atomic mass is 9.72. The summed E-state index contributed by atoms with van der Waals surface area (Å²) >= 11 is 0. The number of alkyl halides is 3. The van der Waals surface area contributed by atoms with Gasteiger partial charge in [-0.2, -0.15) is 13.2 Å². The molecular weight excluding hydrogens is 339 g/mol. The summed E-state index contributed by atoms with van der Waals surface area (Å²) in [6.45, 7) is 4.03. The van der Waals surface area contributed by atoms with Crippen LogP contribution in [0.1, 0.15) is 48.9 Å². The van der Waals surface area contributed by atoms with Crippen molar-refractivity contribution in [3.8, 4) is 0 Å². The van der Waals surface area contributed by atoms with Gasteiger partial charge in [0.15, 0.2) is 0 Å². The van der Waals surface area contributed by atoms with E-state index in [1.807, 2.05) is 44.2 Å². The van der Waals surface area contributed by atoms with Gasteiger partial charge in [-0.15, -0.1) is 0 Å². The molecule has 140 valence electrons. The van der Waals surface area contributed by atoms with Gasteiger partial charge in [0.1, 0.15) is 0 Å². The minimum Gasteiger partial charge on any atom is -0.396 e. The molecule has 0 unspecified atom stereocenters. The van der Waals surface area contributed by atoms with E-state index in [1.165, 1.54) is 12.1 Å². The van der Waals surface area contributed by atoms with Crippen molar-refractivity contribution in [2.75, 3.05) is 11.9 Å². The molecule has 0 radical (unpaired) electrons. The molecule has 4 atom stereocenters. The molecule has 0 saturated heterocycles. The second kappa shape index (κ2) is 7.31. The smallest absolute Gasteiger partial charge is 0.396 e. The Morgan fingerprint density at radius 2 is 1.81 bits per heavy atom. The first kappa shape index (κ1) is 18.8. The molecule has 0 saturated carbocycles. The normalized spacial score (nSPS) is 23.8. The van der Waals surface area contributed by atoms with Crippen molar-refractivity contribution >= 4 is 5.69 Å². The second-order valence-electron chi connectivity index (χ2n) is 7.31. The number of halogens is 3. The molecule has 5 heteroatoms. The van der Waals surface area contributed by atoms with Crippen LogP contribution in [0.5, 0.6) is 0 Å². The van der Waals surface area contributed by atoms with Gasteiger partial charge in [0.05, 0.1) is 11.6 Å². The molecule has 3 rings (SSSR count). The van der Waals surface area contributed by atoms with Gasteiger partial charge in [-0.05, 0) is 53.5 Å². The largest absolute Gasteiger partial charge is 0.416 e. The van der Waals surface area contributed by atoms with Gasteiger partial charge in [-0.25, -0.2) is 0 Å². The van der Waals surface area contributed by atoms with Crippen molar-refractivity contribution in [2.24, 2.45) is 11.8 Å². The molecule has 2 aromatic carbocycles. The lowest BCUT2D eigenvalue weighted by molar-refractivity contribution is -0.137. The van der Waals surface area contributed by atoms with Crippen molar-refractivity contribution in [3.63, 3.8) is 0 Å². The first-order valence-corrected chi connectivity index (χ1v) is 8.94. The van der Waals surface area contributed by atoms with Crippen molar-refractivity contribution in [1.29, 1.82) is 0 Å². The van der Waals surface area contributed by atoms with E-state index < -0.39 is 11.7 Å². The number of rotatable bonds is 4. The molecule has 0 bridgehead atoms. The summed E-state index contributed by atoms with van der Waals surface area (Å²) in [5.41, 5.74) is 1.95. The third-order valence-corrected chi connectivity index (χ3v) is 5.40. The molecule has 0 fully saturated rings. The molecule has 0 aromatic heterocycles. The molecule has 2 aromatic rings. The Hall–Kier alpha value is -2.01. The predicted molar refractivity (Wildman–Crippen MR) is 97.0 cm³/mol.